The zero-order valence-corrected chi connectivity index (χ0v) is 10.6. The van der Waals surface area contributed by atoms with Crippen LogP contribution in [0.5, 0.6) is 0 Å². The predicted molar refractivity (Wildman–Crippen MR) is 72.0 cm³/mol. The molecule has 1 unspecified atom stereocenters. The Labute approximate surface area is 103 Å². The first-order valence-electron chi connectivity index (χ1n) is 5.93. The Morgan fingerprint density at radius 1 is 0.941 bits per heavy atom. The second-order valence-electron chi connectivity index (χ2n) is 4.62. The molecule has 17 heavy (non-hydrogen) atoms. The molecule has 0 aliphatic rings. The Hall–Kier alpha value is -1.60. The van der Waals surface area contributed by atoms with Crippen molar-refractivity contribution in [1.82, 2.24) is 0 Å². The lowest BCUT2D eigenvalue weighted by molar-refractivity contribution is 0.199. The highest BCUT2D eigenvalue weighted by atomic mass is 16.3. The summed E-state index contributed by atoms with van der Waals surface area (Å²) >= 11 is 0. The van der Waals surface area contributed by atoms with E-state index < -0.39 is 6.10 Å². The first-order chi connectivity index (χ1) is 8.08. The molecule has 2 aromatic carbocycles. The smallest absolute Gasteiger partial charge is 0.0761 e. The minimum absolute atomic E-state index is 0.400. The molecule has 1 heteroatoms. The Morgan fingerprint density at radius 2 is 1.59 bits per heavy atom. The van der Waals surface area contributed by atoms with Crippen LogP contribution in [0.1, 0.15) is 29.7 Å². The number of hydrogen-bond donors (Lipinski definition) is 1. The molecule has 0 spiro atoms. The van der Waals surface area contributed by atoms with E-state index in [0.717, 1.165) is 5.56 Å². The maximum absolute atomic E-state index is 9.48. The van der Waals surface area contributed by atoms with Gasteiger partial charge in [0.2, 0.25) is 0 Å². The third-order valence-corrected chi connectivity index (χ3v) is 3.09. The van der Waals surface area contributed by atoms with Crippen LogP contribution in [0.3, 0.4) is 0 Å². The van der Waals surface area contributed by atoms with E-state index in [1.807, 2.05) is 12.1 Å². The van der Waals surface area contributed by atoms with Gasteiger partial charge < -0.3 is 5.11 Å². The molecule has 1 nitrogen and oxygen atoms in total. The lowest BCUT2D eigenvalue weighted by Gasteiger charge is -2.09. The number of rotatable bonds is 2. The van der Waals surface area contributed by atoms with Gasteiger partial charge in [0.1, 0.15) is 0 Å². The van der Waals surface area contributed by atoms with E-state index in [1.54, 1.807) is 6.92 Å². The third kappa shape index (κ3) is 2.56. The van der Waals surface area contributed by atoms with Crippen LogP contribution in [0.25, 0.3) is 11.1 Å². The van der Waals surface area contributed by atoms with E-state index in [4.69, 9.17) is 0 Å². The topological polar surface area (TPSA) is 20.2 Å². The molecule has 0 bridgehead atoms. The van der Waals surface area contributed by atoms with Crippen molar-refractivity contribution in [3.63, 3.8) is 0 Å². The monoisotopic (exact) mass is 226 g/mol. The summed E-state index contributed by atoms with van der Waals surface area (Å²) in [7, 11) is 0. The number of aliphatic hydroxyl groups is 1. The lowest BCUT2D eigenvalue weighted by Crippen LogP contribution is -1.91. The predicted octanol–water partition coefficient (Wildman–Crippen LogP) is 4.02. The van der Waals surface area contributed by atoms with E-state index in [1.165, 1.54) is 22.3 Å². The Morgan fingerprint density at radius 3 is 2.12 bits per heavy atom. The molecule has 2 rings (SSSR count). The second kappa shape index (κ2) is 4.72. The van der Waals surface area contributed by atoms with E-state index >= 15 is 0 Å². The third-order valence-electron chi connectivity index (χ3n) is 3.09. The van der Waals surface area contributed by atoms with Gasteiger partial charge in [0, 0.05) is 0 Å². The molecule has 0 fully saturated rings. The normalized spacial score (nSPS) is 12.5. The summed E-state index contributed by atoms with van der Waals surface area (Å²) in [6.45, 7) is 6.02. The van der Waals surface area contributed by atoms with Crippen LogP contribution in [0.4, 0.5) is 0 Å². The molecule has 0 aliphatic carbocycles. The number of benzene rings is 2. The fourth-order valence-corrected chi connectivity index (χ4v) is 2.08. The first-order valence-corrected chi connectivity index (χ1v) is 5.93. The van der Waals surface area contributed by atoms with Crippen LogP contribution < -0.4 is 0 Å². The number of aliphatic hydroxyl groups excluding tert-OH is 1. The summed E-state index contributed by atoms with van der Waals surface area (Å²) in [5.74, 6) is 0. The fraction of sp³-hybridized carbons (Fsp3) is 0.250. The Bertz CT molecular complexity index is 510. The van der Waals surface area contributed by atoms with E-state index in [0.29, 0.717) is 0 Å². The zero-order valence-electron chi connectivity index (χ0n) is 10.6. The van der Waals surface area contributed by atoms with Gasteiger partial charge in [-0.25, -0.2) is 0 Å². The molecule has 0 amide bonds. The van der Waals surface area contributed by atoms with Gasteiger partial charge >= 0.3 is 0 Å². The molecule has 0 aromatic heterocycles. The number of hydrogen-bond acceptors (Lipinski definition) is 1. The van der Waals surface area contributed by atoms with Gasteiger partial charge in [-0.05, 0) is 43.0 Å². The average Bonchev–Trinajstić information content (AvgIpc) is 2.29. The molecule has 1 atom stereocenters. The van der Waals surface area contributed by atoms with Gasteiger partial charge in [-0.1, -0.05) is 48.0 Å². The van der Waals surface area contributed by atoms with Gasteiger partial charge in [0.15, 0.2) is 0 Å². The summed E-state index contributed by atoms with van der Waals surface area (Å²) in [6.07, 6.45) is -0.400. The standard InChI is InChI=1S/C16H18O/c1-11-4-9-16(12(2)10-11)15-7-5-14(6-8-15)13(3)17/h4-10,13,17H,1-3H3. The van der Waals surface area contributed by atoms with Crippen LogP contribution in [0, 0.1) is 13.8 Å². The van der Waals surface area contributed by atoms with Crippen LogP contribution in [-0.4, -0.2) is 5.11 Å². The first kappa shape index (κ1) is 11.9. The molecule has 1 N–H and O–H groups in total. The van der Waals surface area contributed by atoms with Crippen molar-refractivity contribution in [3.05, 3.63) is 59.2 Å². The van der Waals surface area contributed by atoms with Crippen LogP contribution in [0.15, 0.2) is 42.5 Å². The summed E-state index contributed by atoms with van der Waals surface area (Å²) in [6, 6.07) is 14.6. The van der Waals surface area contributed by atoms with Gasteiger partial charge in [-0.3, -0.25) is 0 Å². The van der Waals surface area contributed by atoms with E-state index in [9.17, 15) is 5.11 Å². The maximum Gasteiger partial charge on any atom is 0.0761 e. The molecular formula is C16H18O. The SMILES string of the molecule is Cc1ccc(-c2ccc(C(C)O)cc2)c(C)c1. The molecule has 0 heterocycles. The summed E-state index contributed by atoms with van der Waals surface area (Å²) in [4.78, 5) is 0. The van der Waals surface area contributed by atoms with Crippen molar-refractivity contribution in [3.8, 4) is 11.1 Å². The second-order valence-corrected chi connectivity index (χ2v) is 4.62. The highest BCUT2D eigenvalue weighted by molar-refractivity contribution is 5.67. The fourth-order valence-electron chi connectivity index (χ4n) is 2.08. The molecular weight excluding hydrogens is 208 g/mol. The summed E-state index contributed by atoms with van der Waals surface area (Å²) in [5, 5.41) is 9.48. The van der Waals surface area contributed by atoms with Crippen LogP contribution in [-0.2, 0) is 0 Å². The van der Waals surface area contributed by atoms with Gasteiger partial charge in [0.25, 0.3) is 0 Å². The van der Waals surface area contributed by atoms with Gasteiger partial charge in [-0.2, -0.15) is 0 Å². The minimum Gasteiger partial charge on any atom is -0.389 e. The maximum atomic E-state index is 9.48. The minimum atomic E-state index is -0.400. The quantitative estimate of drug-likeness (QED) is 0.820. The van der Waals surface area contributed by atoms with Crippen molar-refractivity contribution in [1.29, 1.82) is 0 Å². The van der Waals surface area contributed by atoms with Gasteiger partial charge in [-0.15, -0.1) is 0 Å². The largest absolute Gasteiger partial charge is 0.389 e. The Kier molecular flexibility index (Phi) is 3.30. The molecule has 88 valence electrons. The highest BCUT2D eigenvalue weighted by Gasteiger charge is 2.04. The Balaban J connectivity index is 2.40. The summed E-state index contributed by atoms with van der Waals surface area (Å²) in [5.41, 5.74) is 5.99. The molecule has 2 aromatic rings. The van der Waals surface area contributed by atoms with E-state index in [2.05, 4.69) is 44.2 Å². The van der Waals surface area contributed by atoms with Crippen molar-refractivity contribution < 1.29 is 5.11 Å². The van der Waals surface area contributed by atoms with Crippen molar-refractivity contribution >= 4 is 0 Å². The molecule has 0 aliphatic heterocycles. The van der Waals surface area contributed by atoms with E-state index in [-0.39, 0.29) is 0 Å². The molecule has 0 saturated carbocycles. The van der Waals surface area contributed by atoms with Crippen molar-refractivity contribution in [2.75, 3.05) is 0 Å². The average molecular weight is 226 g/mol. The zero-order chi connectivity index (χ0) is 12.4. The van der Waals surface area contributed by atoms with Crippen LogP contribution in [0.2, 0.25) is 0 Å². The molecule has 0 saturated heterocycles. The van der Waals surface area contributed by atoms with Crippen LogP contribution >= 0.6 is 0 Å². The summed E-state index contributed by atoms with van der Waals surface area (Å²) < 4.78 is 0. The van der Waals surface area contributed by atoms with Gasteiger partial charge in [0.05, 0.1) is 6.10 Å². The highest BCUT2D eigenvalue weighted by Crippen LogP contribution is 2.25. The van der Waals surface area contributed by atoms with Crippen molar-refractivity contribution in [2.24, 2.45) is 0 Å². The number of aryl methyl sites for hydroxylation is 2. The molecule has 0 radical (unpaired) electrons. The lowest BCUT2D eigenvalue weighted by atomic mass is 9.97. The van der Waals surface area contributed by atoms with Crippen molar-refractivity contribution in [2.45, 2.75) is 26.9 Å².